The van der Waals surface area contributed by atoms with Crippen LogP contribution in [0.15, 0.2) is 54.6 Å². The summed E-state index contributed by atoms with van der Waals surface area (Å²) < 4.78 is 64.9. The summed E-state index contributed by atoms with van der Waals surface area (Å²) in [5.74, 6) is -0.214. The second kappa shape index (κ2) is 8.46. The van der Waals surface area contributed by atoms with E-state index in [0.717, 1.165) is 11.6 Å². The highest BCUT2D eigenvalue weighted by molar-refractivity contribution is 7.89. The molecule has 0 atom stereocenters. The number of alkyl halides is 3. The van der Waals surface area contributed by atoms with Crippen LogP contribution >= 0.6 is 0 Å². The van der Waals surface area contributed by atoms with Crippen LogP contribution in [0.25, 0.3) is 0 Å². The zero-order chi connectivity index (χ0) is 18.3. The Kier molecular flexibility index (Phi) is 6.57. The first-order valence-corrected chi connectivity index (χ1v) is 9.30. The van der Waals surface area contributed by atoms with Crippen LogP contribution in [0.3, 0.4) is 0 Å². The van der Waals surface area contributed by atoms with Crippen LogP contribution in [0, 0.1) is 0 Å². The minimum Gasteiger partial charge on any atom is -0.312 e. The molecular formula is C17H19F3N2O2S. The van der Waals surface area contributed by atoms with Crippen LogP contribution in [0.2, 0.25) is 0 Å². The summed E-state index contributed by atoms with van der Waals surface area (Å²) in [6, 6.07) is 14.3. The van der Waals surface area contributed by atoms with Crippen LogP contribution in [-0.4, -0.2) is 20.7 Å². The Bertz CT molecular complexity index is 778. The molecule has 136 valence electrons. The van der Waals surface area contributed by atoms with Crippen molar-refractivity contribution in [2.75, 3.05) is 12.3 Å². The zero-order valence-corrected chi connectivity index (χ0v) is 14.2. The third-order valence-corrected chi connectivity index (χ3v) is 4.85. The van der Waals surface area contributed by atoms with Gasteiger partial charge < -0.3 is 5.32 Å². The Labute approximate surface area is 145 Å². The van der Waals surface area contributed by atoms with Gasteiger partial charge in [-0.05, 0) is 17.2 Å². The van der Waals surface area contributed by atoms with Crippen molar-refractivity contribution in [1.82, 2.24) is 10.0 Å². The summed E-state index contributed by atoms with van der Waals surface area (Å²) in [5, 5.41) is 2.75. The van der Waals surface area contributed by atoms with Gasteiger partial charge in [0.15, 0.2) is 0 Å². The number of sulfonamides is 1. The lowest BCUT2D eigenvalue weighted by molar-refractivity contribution is -0.138. The lowest BCUT2D eigenvalue weighted by Gasteiger charge is -2.13. The van der Waals surface area contributed by atoms with Gasteiger partial charge in [0.05, 0.1) is 11.3 Å². The summed E-state index contributed by atoms with van der Waals surface area (Å²) in [5.41, 5.74) is 0.204. The van der Waals surface area contributed by atoms with Crippen molar-refractivity contribution in [3.63, 3.8) is 0 Å². The molecule has 0 saturated carbocycles. The maximum absolute atomic E-state index is 12.9. The molecule has 0 aromatic heterocycles. The molecule has 0 unspecified atom stereocenters. The van der Waals surface area contributed by atoms with Gasteiger partial charge in [-0.3, -0.25) is 0 Å². The average Bonchev–Trinajstić information content (AvgIpc) is 2.57. The molecule has 0 heterocycles. The smallest absolute Gasteiger partial charge is 0.312 e. The van der Waals surface area contributed by atoms with Crippen molar-refractivity contribution in [1.29, 1.82) is 0 Å². The van der Waals surface area contributed by atoms with Crippen molar-refractivity contribution in [3.05, 3.63) is 71.3 Å². The first-order valence-electron chi connectivity index (χ1n) is 7.65. The quantitative estimate of drug-likeness (QED) is 0.701. The molecule has 0 aliphatic carbocycles. The van der Waals surface area contributed by atoms with E-state index in [1.165, 1.54) is 18.2 Å². The molecule has 2 aromatic rings. The van der Waals surface area contributed by atoms with E-state index in [-0.39, 0.29) is 31.0 Å². The van der Waals surface area contributed by atoms with Crippen molar-refractivity contribution in [2.24, 2.45) is 0 Å². The molecule has 25 heavy (non-hydrogen) atoms. The Morgan fingerprint density at radius 1 is 0.880 bits per heavy atom. The number of halogens is 3. The van der Waals surface area contributed by atoms with Crippen molar-refractivity contribution in [2.45, 2.75) is 19.3 Å². The lowest BCUT2D eigenvalue weighted by atomic mass is 10.1. The molecule has 0 aliphatic heterocycles. The summed E-state index contributed by atoms with van der Waals surface area (Å²) in [6.45, 7) is 0.181. The summed E-state index contributed by atoms with van der Waals surface area (Å²) in [7, 11) is -3.51. The maximum Gasteiger partial charge on any atom is 0.416 e. The van der Waals surface area contributed by atoms with Gasteiger partial charge in [0.2, 0.25) is 10.0 Å². The molecule has 0 radical (unpaired) electrons. The largest absolute Gasteiger partial charge is 0.416 e. The number of hydrogen-bond acceptors (Lipinski definition) is 3. The van der Waals surface area contributed by atoms with Gasteiger partial charge >= 0.3 is 6.18 Å². The zero-order valence-electron chi connectivity index (χ0n) is 13.4. The predicted molar refractivity (Wildman–Crippen MR) is 90.2 cm³/mol. The fourth-order valence-corrected chi connectivity index (χ4v) is 3.19. The van der Waals surface area contributed by atoms with Gasteiger partial charge in [0, 0.05) is 19.6 Å². The number of nitrogens with one attached hydrogen (secondary N) is 2. The van der Waals surface area contributed by atoms with E-state index in [2.05, 4.69) is 10.0 Å². The first kappa shape index (κ1) is 19.4. The highest BCUT2D eigenvalue weighted by Crippen LogP contribution is 2.31. The molecule has 0 saturated heterocycles. The predicted octanol–water partition coefficient (Wildman–Crippen LogP) is 2.91. The molecular weight excluding hydrogens is 353 g/mol. The molecule has 0 bridgehead atoms. The summed E-state index contributed by atoms with van der Waals surface area (Å²) in [4.78, 5) is 0. The molecule has 0 fully saturated rings. The second-order valence-electron chi connectivity index (χ2n) is 5.46. The Morgan fingerprint density at radius 2 is 1.52 bits per heavy atom. The van der Waals surface area contributed by atoms with E-state index in [1.54, 1.807) is 12.1 Å². The highest BCUT2D eigenvalue weighted by atomic mass is 32.2. The van der Waals surface area contributed by atoms with Gasteiger partial charge in [-0.15, -0.1) is 0 Å². The summed E-state index contributed by atoms with van der Waals surface area (Å²) >= 11 is 0. The van der Waals surface area contributed by atoms with Crippen molar-refractivity contribution < 1.29 is 21.6 Å². The molecule has 2 N–H and O–H groups in total. The van der Waals surface area contributed by atoms with Crippen LogP contribution in [0.4, 0.5) is 13.2 Å². The van der Waals surface area contributed by atoms with Gasteiger partial charge in [0.1, 0.15) is 0 Å². The van der Waals surface area contributed by atoms with Crippen LogP contribution in [0.5, 0.6) is 0 Å². The normalized spacial score (nSPS) is 12.3. The third-order valence-electron chi connectivity index (χ3n) is 3.52. The molecule has 0 amide bonds. The SMILES string of the molecule is O=S(=O)(CCNCc1ccccc1C(F)(F)F)NCc1ccccc1. The van der Waals surface area contributed by atoms with E-state index >= 15 is 0 Å². The molecule has 2 rings (SSSR count). The standard InChI is InChI=1S/C17H19F3N2O2S/c18-17(19,20)16-9-5-4-8-15(16)13-21-10-11-25(23,24)22-12-14-6-2-1-3-7-14/h1-9,21-22H,10-13H2. The van der Waals surface area contributed by atoms with E-state index in [9.17, 15) is 21.6 Å². The Balaban J connectivity index is 1.81. The van der Waals surface area contributed by atoms with Gasteiger partial charge in [-0.25, -0.2) is 13.1 Å². The number of benzene rings is 2. The first-order chi connectivity index (χ1) is 11.8. The van der Waals surface area contributed by atoms with E-state index in [0.29, 0.717) is 0 Å². The number of rotatable bonds is 8. The van der Waals surface area contributed by atoms with Gasteiger partial charge in [0.25, 0.3) is 0 Å². The Morgan fingerprint density at radius 3 is 2.20 bits per heavy atom. The Hall–Kier alpha value is -1.90. The third kappa shape index (κ3) is 6.49. The molecule has 8 heteroatoms. The average molecular weight is 372 g/mol. The maximum atomic E-state index is 12.9. The van der Waals surface area contributed by atoms with E-state index in [1.807, 2.05) is 18.2 Å². The lowest BCUT2D eigenvalue weighted by Crippen LogP contribution is -2.31. The van der Waals surface area contributed by atoms with Gasteiger partial charge in [-0.2, -0.15) is 13.2 Å². The molecule has 0 aliphatic rings. The fraction of sp³-hybridized carbons (Fsp3) is 0.294. The monoisotopic (exact) mass is 372 g/mol. The highest BCUT2D eigenvalue weighted by Gasteiger charge is 2.32. The molecule has 0 spiro atoms. The fourth-order valence-electron chi connectivity index (χ4n) is 2.24. The van der Waals surface area contributed by atoms with E-state index in [4.69, 9.17) is 0 Å². The summed E-state index contributed by atoms with van der Waals surface area (Å²) in [6.07, 6.45) is -4.43. The second-order valence-corrected chi connectivity index (χ2v) is 7.38. The minimum atomic E-state index is -4.43. The number of hydrogen-bond donors (Lipinski definition) is 2. The van der Waals surface area contributed by atoms with Crippen molar-refractivity contribution in [3.8, 4) is 0 Å². The molecule has 4 nitrogen and oxygen atoms in total. The van der Waals surface area contributed by atoms with E-state index < -0.39 is 21.8 Å². The van der Waals surface area contributed by atoms with Gasteiger partial charge in [-0.1, -0.05) is 48.5 Å². The van der Waals surface area contributed by atoms with Crippen molar-refractivity contribution >= 4 is 10.0 Å². The van der Waals surface area contributed by atoms with Crippen LogP contribution in [0.1, 0.15) is 16.7 Å². The minimum absolute atomic E-state index is 0.0517. The molecule has 2 aromatic carbocycles. The topological polar surface area (TPSA) is 58.2 Å². The van der Waals surface area contributed by atoms with Crippen LogP contribution < -0.4 is 10.0 Å². The van der Waals surface area contributed by atoms with Crippen LogP contribution in [-0.2, 0) is 29.3 Å².